The van der Waals surface area contributed by atoms with Crippen LogP contribution in [-0.4, -0.2) is 17.6 Å². The second-order valence-corrected chi connectivity index (χ2v) is 5.71. The number of amides is 2. The summed E-state index contributed by atoms with van der Waals surface area (Å²) in [7, 11) is 0. The third-order valence-corrected chi connectivity index (χ3v) is 3.51. The van der Waals surface area contributed by atoms with Crippen LogP contribution in [0.15, 0.2) is 42.5 Å². The number of ketones is 1. The molecular weight excluding hydrogens is 323 g/mol. The van der Waals surface area contributed by atoms with Crippen LogP contribution in [0.5, 0.6) is 0 Å². The Labute approximate surface area is 145 Å². The third kappa shape index (κ3) is 5.53. The SMILES string of the molecule is CC(=O)Nc1ccc(C)cc1NC(=O)CCC(=O)c1ccc(F)cc1. The van der Waals surface area contributed by atoms with Gasteiger partial charge in [0, 0.05) is 25.3 Å². The zero-order chi connectivity index (χ0) is 18.4. The van der Waals surface area contributed by atoms with Gasteiger partial charge in [-0.25, -0.2) is 4.39 Å². The fraction of sp³-hybridized carbons (Fsp3) is 0.211. The van der Waals surface area contributed by atoms with Crippen LogP contribution in [0.3, 0.4) is 0 Å². The molecule has 6 heteroatoms. The number of hydrogen-bond donors (Lipinski definition) is 2. The molecule has 2 N–H and O–H groups in total. The van der Waals surface area contributed by atoms with E-state index < -0.39 is 5.82 Å². The van der Waals surface area contributed by atoms with Gasteiger partial charge in [-0.05, 0) is 48.9 Å². The molecule has 0 aliphatic carbocycles. The average molecular weight is 342 g/mol. The van der Waals surface area contributed by atoms with E-state index in [4.69, 9.17) is 0 Å². The van der Waals surface area contributed by atoms with Crippen molar-refractivity contribution in [3.05, 3.63) is 59.4 Å². The van der Waals surface area contributed by atoms with Crippen LogP contribution in [0.2, 0.25) is 0 Å². The van der Waals surface area contributed by atoms with Crippen LogP contribution in [0.1, 0.15) is 35.7 Å². The van der Waals surface area contributed by atoms with Gasteiger partial charge in [-0.1, -0.05) is 6.07 Å². The first-order valence-corrected chi connectivity index (χ1v) is 7.82. The second-order valence-electron chi connectivity index (χ2n) is 5.71. The van der Waals surface area contributed by atoms with Gasteiger partial charge in [-0.15, -0.1) is 0 Å². The van der Waals surface area contributed by atoms with E-state index >= 15 is 0 Å². The molecule has 0 saturated carbocycles. The van der Waals surface area contributed by atoms with E-state index in [0.29, 0.717) is 16.9 Å². The van der Waals surface area contributed by atoms with Gasteiger partial charge >= 0.3 is 0 Å². The quantitative estimate of drug-likeness (QED) is 0.786. The lowest BCUT2D eigenvalue weighted by molar-refractivity contribution is -0.116. The Kier molecular flexibility index (Phi) is 6.00. The minimum atomic E-state index is -0.417. The van der Waals surface area contributed by atoms with Gasteiger partial charge < -0.3 is 10.6 Å². The summed E-state index contributed by atoms with van der Waals surface area (Å²) in [5.74, 6) is -1.24. The number of aryl methyl sites for hydroxylation is 1. The number of carbonyl (C=O) groups is 3. The van der Waals surface area contributed by atoms with Crippen LogP contribution in [0.4, 0.5) is 15.8 Å². The first kappa shape index (κ1) is 18.3. The average Bonchev–Trinajstić information content (AvgIpc) is 2.55. The monoisotopic (exact) mass is 342 g/mol. The van der Waals surface area contributed by atoms with Crippen molar-refractivity contribution in [1.29, 1.82) is 0 Å². The third-order valence-electron chi connectivity index (χ3n) is 3.51. The van der Waals surface area contributed by atoms with Crippen molar-refractivity contribution in [3.8, 4) is 0 Å². The molecule has 2 rings (SSSR count). The van der Waals surface area contributed by atoms with Gasteiger partial charge in [0.25, 0.3) is 0 Å². The molecule has 0 saturated heterocycles. The number of Topliss-reactive ketones (excluding diaryl/α,β-unsaturated/α-hetero) is 1. The van der Waals surface area contributed by atoms with Crippen LogP contribution >= 0.6 is 0 Å². The number of benzene rings is 2. The first-order valence-electron chi connectivity index (χ1n) is 7.82. The number of rotatable bonds is 6. The van der Waals surface area contributed by atoms with Crippen molar-refractivity contribution in [1.82, 2.24) is 0 Å². The number of carbonyl (C=O) groups excluding carboxylic acids is 3. The standard InChI is InChI=1S/C19H19FN2O3/c1-12-3-8-16(21-13(2)23)17(11-12)22-19(25)10-9-18(24)14-4-6-15(20)7-5-14/h3-8,11H,9-10H2,1-2H3,(H,21,23)(H,22,25). The summed E-state index contributed by atoms with van der Waals surface area (Å²) in [6, 6.07) is 10.5. The highest BCUT2D eigenvalue weighted by molar-refractivity contribution is 6.02. The summed E-state index contributed by atoms with van der Waals surface area (Å²) in [6.07, 6.45) is 0.00240. The largest absolute Gasteiger partial charge is 0.325 e. The lowest BCUT2D eigenvalue weighted by atomic mass is 10.1. The fourth-order valence-corrected chi connectivity index (χ4v) is 2.28. The van der Waals surface area contributed by atoms with Crippen molar-refractivity contribution >= 4 is 29.0 Å². The maximum absolute atomic E-state index is 12.9. The normalized spacial score (nSPS) is 10.2. The Morgan fingerprint density at radius 2 is 1.60 bits per heavy atom. The highest BCUT2D eigenvalue weighted by Crippen LogP contribution is 2.23. The van der Waals surface area contributed by atoms with E-state index in [1.807, 2.05) is 13.0 Å². The minimum absolute atomic E-state index is 0.0103. The topological polar surface area (TPSA) is 75.3 Å². The molecule has 0 aliphatic heterocycles. The highest BCUT2D eigenvalue weighted by Gasteiger charge is 2.12. The second kappa shape index (κ2) is 8.19. The molecule has 5 nitrogen and oxygen atoms in total. The summed E-state index contributed by atoms with van der Waals surface area (Å²) in [6.45, 7) is 3.25. The Balaban J connectivity index is 1.98. The van der Waals surface area contributed by atoms with E-state index in [1.54, 1.807) is 12.1 Å². The van der Waals surface area contributed by atoms with Crippen molar-refractivity contribution in [2.75, 3.05) is 10.6 Å². The van der Waals surface area contributed by atoms with Gasteiger partial charge in [0.15, 0.2) is 5.78 Å². The molecule has 0 bridgehead atoms. The predicted molar refractivity (Wildman–Crippen MR) is 94.1 cm³/mol. The Morgan fingerprint density at radius 1 is 0.920 bits per heavy atom. The first-order chi connectivity index (χ1) is 11.8. The minimum Gasteiger partial charge on any atom is -0.325 e. The van der Waals surface area contributed by atoms with Crippen LogP contribution in [0, 0.1) is 12.7 Å². The molecule has 0 aromatic heterocycles. The van der Waals surface area contributed by atoms with Crippen LogP contribution in [0.25, 0.3) is 0 Å². The summed E-state index contributed by atoms with van der Waals surface area (Å²) < 4.78 is 12.9. The number of nitrogens with one attached hydrogen (secondary N) is 2. The van der Waals surface area contributed by atoms with Gasteiger partial charge in [-0.2, -0.15) is 0 Å². The smallest absolute Gasteiger partial charge is 0.224 e. The van der Waals surface area contributed by atoms with Crippen molar-refractivity contribution in [3.63, 3.8) is 0 Å². The van der Waals surface area contributed by atoms with E-state index in [9.17, 15) is 18.8 Å². The molecule has 0 fully saturated rings. The summed E-state index contributed by atoms with van der Waals surface area (Å²) >= 11 is 0. The molecule has 2 aromatic rings. The predicted octanol–water partition coefficient (Wildman–Crippen LogP) is 3.69. The van der Waals surface area contributed by atoms with Crippen molar-refractivity contribution < 1.29 is 18.8 Å². The fourth-order valence-electron chi connectivity index (χ4n) is 2.28. The molecule has 0 aliphatic rings. The number of anilines is 2. The Morgan fingerprint density at radius 3 is 2.24 bits per heavy atom. The van der Waals surface area contributed by atoms with Gasteiger partial charge in [0.1, 0.15) is 5.82 Å². The molecule has 25 heavy (non-hydrogen) atoms. The van der Waals surface area contributed by atoms with E-state index in [1.165, 1.54) is 31.2 Å². The maximum atomic E-state index is 12.9. The summed E-state index contributed by atoms with van der Waals surface area (Å²) in [4.78, 5) is 35.4. The number of hydrogen-bond acceptors (Lipinski definition) is 3. The van der Waals surface area contributed by atoms with E-state index in [2.05, 4.69) is 10.6 Å². The van der Waals surface area contributed by atoms with Crippen molar-refractivity contribution in [2.45, 2.75) is 26.7 Å². The molecular formula is C19H19FN2O3. The zero-order valence-corrected chi connectivity index (χ0v) is 14.1. The molecule has 0 heterocycles. The molecule has 0 radical (unpaired) electrons. The highest BCUT2D eigenvalue weighted by atomic mass is 19.1. The molecule has 0 unspecified atom stereocenters. The van der Waals surface area contributed by atoms with Crippen LogP contribution in [-0.2, 0) is 9.59 Å². The van der Waals surface area contributed by atoms with Gasteiger partial charge in [0.05, 0.1) is 11.4 Å². The molecule has 0 atom stereocenters. The Hall–Kier alpha value is -3.02. The maximum Gasteiger partial charge on any atom is 0.224 e. The Bertz CT molecular complexity index is 801. The summed E-state index contributed by atoms with van der Waals surface area (Å²) in [5, 5.41) is 5.35. The molecule has 2 aromatic carbocycles. The lowest BCUT2D eigenvalue weighted by Gasteiger charge is -2.12. The molecule has 130 valence electrons. The summed E-state index contributed by atoms with van der Waals surface area (Å²) in [5.41, 5.74) is 2.27. The van der Waals surface area contributed by atoms with E-state index in [-0.39, 0.29) is 30.4 Å². The zero-order valence-electron chi connectivity index (χ0n) is 14.1. The van der Waals surface area contributed by atoms with Gasteiger partial charge in [0.2, 0.25) is 11.8 Å². The number of halogens is 1. The molecule has 2 amide bonds. The molecule has 0 spiro atoms. The van der Waals surface area contributed by atoms with E-state index in [0.717, 1.165) is 5.56 Å². The lowest BCUT2D eigenvalue weighted by Crippen LogP contribution is -2.16. The van der Waals surface area contributed by atoms with Gasteiger partial charge in [-0.3, -0.25) is 14.4 Å². The van der Waals surface area contributed by atoms with Crippen LogP contribution < -0.4 is 10.6 Å². The van der Waals surface area contributed by atoms with Crippen molar-refractivity contribution in [2.24, 2.45) is 0 Å².